The van der Waals surface area contributed by atoms with Gasteiger partial charge in [-0.3, -0.25) is 4.79 Å². The van der Waals surface area contributed by atoms with Crippen LogP contribution in [0.5, 0.6) is 0 Å². The summed E-state index contributed by atoms with van der Waals surface area (Å²) in [5, 5.41) is 2.93. The molecule has 1 N–H and O–H groups in total. The number of nitrogens with zero attached hydrogens (tertiary/aromatic N) is 1. The summed E-state index contributed by atoms with van der Waals surface area (Å²) < 4.78 is 10.4. The maximum Gasteiger partial charge on any atom is 0.287 e. The largest absolute Gasteiger partial charge is 0.453 e. The first-order valence-electron chi connectivity index (χ1n) is 8.81. The van der Waals surface area contributed by atoms with Crippen LogP contribution in [-0.4, -0.2) is 44.1 Å². The Bertz CT molecular complexity index is 710. The molecule has 1 aliphatic heterocycles. The summed E-state index contributed by atoms with van der Waals surface area (Å²) in [5.74, 6) is 1.43. The predicted octanol–water partition coefficient (Wildman–Crippen LogP) is 2.95. The van der Waals surface area contributed by atoms with Crippen molar-refractivity contribution in [3.63, 3.8) is 0 Å². The van der Waals surface area contributed by atoms with Gasteiger partial charge in [-0.25, -0.2) is 0 Å². The molecule has 2 heterocycles. The first kappa shape index (κ1) is 17.7. The summed E-state index contributed by atoms with van der Waals surface area (Å²) in [5.41, 5.74) is 2.82. The third-order valence-corrected chi connectivity index (χ3v) is 4.79. The molecule has 1 saturated heterocycles. The molecule has 134 valence electrons. The van der Waals surface area contributed by atoms with Crippen molar-refractivity contribution in [1.82, 2.24) is 10.2 Å². The second-order valence-corrected chi connectivity index (χ2v) is 6.60. The van der Waals surface area contributed by atoms with Gasteiger partial charge in [-0.15, -0.1) is 0 Å². The number of hydrogen-bond acceptors (Lipinski definition) is 4. The number of furan rings is 1. The van der Waals surface area contributed by atoms with Crippen LogP contribution in [-0.2, 0) is 11.3 Å². The van der Waals surface area contributed by atoms with Crippen molar-refractivity contribution < 1.29 is 13.9 Å². The average Bonchev–Trinajstić information content (AvgIpc) is 3.25. The van der Waals surface area contributed by atoms with Crippen LogP contribution in [0.15, 0.2) is 40.8 Å². The first-order chi connectivity index (χ1) is 12.2. The van der Waals surface area contributed by atoms with E-state index in [1.54, 1.807) is 19.2 Å². The third-order valence-electron chi connectivity index (χ3n) is 4.79. The van der Waals surface area contributed by atoms with Gasteiger partial charge in [-0.2, -0.15) is 0 Å². The van der Waals surface area contributed by atoms with Gasteiger partial charge in [0.15, 0.2) is 5.76 Å². The van der Waals surface area contributed by atoms with Crippen LogP contribution >= 0.6 is 0 Å². The van der Waals surface area contributed by atoms with Gasteiger partial charge in [-0.05, 0) is 49.1 Å². The van der Waals surface area contributed by atoms with E-state index in [1.165, 1.54) is 17.5 Å². The summed E-state index contributed by atoms with van der Waals surface area (Å²) in [6, 6.07) is 12.1. The fraction of sp³-hybridized carbons (Fsp3) is 0.450. The molecule has 0 aliphatic carbocycles. The maximum atomic E-state index is 12.1. The molecule has 5 heteroatoms. The number of carbonyl (C=O) groups is 1. The lowest BCUT2D eigenvalue weighted by Crippen LogP contribution is -2.33. The smallest absolute Gasteiger partial charge is 0.287 e. The lowest BCUT2D eigenvalue weighted by atomic mass is 9.94. The standard InChI is InChI=1S/C20H26N2O3/c1-15-5-3-4-6-18(15)16-9-11-22(13-16)12-10-21-20(23)19-8-7-17(25-19)14-24-2/h3-8,16H,9-14H2,1-2H3,(H,21,23)/t16-/m0/s1. The van der Waals surface area contributed by atoms with Gasteiger partial charge < -0.3 is 19.4 Å². The lowest BCUT2D eigenvalue weighted by Gasteiger charge is -2.17. The summed E-state index contributed by atoms with van der Waals surface area (Å²) in [4.78, 5) is 14.5. The zero-order valence-corrected chi connectivity index (χ0v) is 15.0. The Morgan fingerprint density at radius 2 is 2.16 bits per heavy atom. The zero-order valence-electron chi connectivity index (χ0n) is 15.0. The molecule has 5 nitrogen and oxygen atoms in total. The highest BCUT2D eigenvalue weighted by molar-refractivity contribution is 5.91. The van der Waals surface area contributed by atoms with Crippen molar-refractivity contribution in [1.29, 1.82) is 0 Å². The fourth-order valence-electron chi connectivity index (χ4n) is 3.47. The number of rotatable bonds is 7. The van der Waals surface area contributed by atoms with Gasteiger partial charge in [0, 0.05) is 26.7 Å². The number of hydrogen-bond donors (Lipinski definition) is 1. The summed E-state index contributed by atoms with van der Waals surface area (Å²) in [6.07, 6.45) is 1.18. The first-order valence-corrected chi connectivity index (χ1v) is 8.81. The number of methoxy groups -OCH3 is 1. The molecular formula is C20H26N2O3. The SMILES string of the molecule is COCc1ccc(C(=O)NCCN2CC[C@H](c3ccccc3C)C2)o1. The van der Waals surface area contributed by atoms with Gasteiger partial charge in [0.05, 0.1) is 0 Å². The molecule has 0 unspecified atom stereocenters. The second-order valence-electron chi connectivity index (χ2n) is 6.60. The van der Waals surface area contributed by atoms with E-state index in [0.29, 0.717) is 30.6 Å². The van der Waals surface area contributed by atoms with Gasteiger partial charge in [0.25, 0.3) is 5.91 Å². The highest BCUT2D eigenvalue weighted by Gasteiger charge is 2.24. The van der Waals surface area contributed by atoms with Crippen molar-refractivity contribution in [3.05, 3.63) is 59.0 Å². The van der Waals surface area contributed by atoms with Gasteiger partial charge in [0.1, 0.15) is 12.4 Å². The molecule has 25 heavy (non-hydrogen) atoms. The molecule has 0 spiro atoms. The van der Waals surface area contributed by atoms with Crippen LogP contribution < -0.4 is 5.32 Å². The van der Waals surface area contributed by atoms with Crippen molar-refractivity contribution in [2.75, 3.05) is 33.3 Å². The Morgan fingerprint density at radius 3 is 2.96 bits per heavy atom. The van der Waals surface area contributed by atoms with Crippen molar-refractivity contribution in [2.45, 2.75) is 25.9 Å². The molecule has 3 rings (SSSR count). The quantitative estimate of drug-likeness (QED) is 0.840. The predicted molar refractivity (Wildman–Crippen MR) is 96.7 cm³/mol. The second kappa shape index (κ2) is 8.32. The molecule has 0 radical (unpaired) electrons. The van der Waals surface area contributed by atoms with E-state index in [0.717, 1.165) is 19.6 Å². The van der Waals surface area contributed by atoms with Crippen LogP contribution in [0.4, 0.5) is 0 Å². The monoisotopic (exact) mass is 342 g/mol. The third kappa shape index (κ3) is 4.50. The topological polar surface area (TPSA) is 54.7 Å². The number of aryl methyl sites for hydroxylation is 1. The van der Waals surface area contributed by atoms with Crippen molar-refractivity contribution in [3.8, 4) is 0 Å². The molecule has 2 aromatic rings. The number of carbonyl (C=O) groups excluding carboxylic acids is 1. The molecule has 0 saturated carbocycles. The minimum Gasteiger partial charge on any atom is -0.453 e. The van der Waals surface area contributed by atoms with E-state index in [4.69, 9.17) is 9.15 Å². The minimum absolute atomic E-state index is 0.169. The highest BCUT2D eigenvalue weighted by atomic mass is 16.5. The number of benzene rings is 1. The Labute approximate surface area is 149 Å². The van der Waals surface area contributed by atoms with E-state index in [2.05, 4.69) is 41.4 Å². The molecule has 1 amide bonds. The Morgan fingerprint density at radius 1 is 1.32 bits per heavy atom. The molecule has 1 atom stereocenters. The van der Waals surface area contributed by atoms with Crippen LogP contribution in [0.2, 0.25) is 0 Å². The van der Waals surface area contributed by atoms with E-state index >= 15 is 0 Å². The van der Waals surface area contributed by atoms with Crippen LogP contribution in [0.1, 0.15) is 39.8 Å². The number of ether oxygens (including phenoxy) is 1. The molecule has 1 aromatic carbocycles. The Hall–Kier alpha value is -2.11. The molecule has 1 fully saturated rings. The number of nitrogens with one attached hydrogen (secondary N) is 1. The van der Waals surface area contributed by atoms with Crippen molar-refractivity contribution in [2.24, 2.45) is 0 Å². The molecular weight excluding hydrogens is 316 g/mol. The van der Waals surface area contributed by atoms with Crippen molar-refractivity contribution >= 4 is 5.91 Å². The fourth-order valence-corrected chi connectivity index (χ4v) is 3.47. The van der Waals surface area contributed by atoms with E-state index in [9.17, 15) is 4.79 Å². The molecule has 0 bridgehead atoms. The van der Waals surface area contributed by atoms with Gasteiger partial charge in [-0.1, -0.05) is 24.3 Å². The van der Waals surface area contributed by atoms with E-state index in [1.807, 2.05) is 0 Å². The number of likely N-dealkylation sites (tertiary alicyclic amines) is 1. The van der Waals surface area contributed by atoms with E-state index < -0.39 is 0 Å². The number of amides is 1. The summed E-state index contributed by atoms with van der Waals surface area (Å²) in [6.45, 7) is 6.17. The normalized spacial score (nSPS) is 17.8. The van der Waals surface area contributed by atoms with Gasteiger partial charge in [0.2, 0.25) is 0 Å². The minimum atomic E-state index is -0.169. The Kier molecular flexibility index (Phi) is 5.89. The highest BCUT2D eigenvalue weighted by Crippen LogP contribution is 2.28. The lowest BCUT2D eigenvalue weighted by molar-refractivity contribution is 0.0913. The zero-order chi connectivity index (χ0) is 17.6. The van der Waals surface area contributed by atoms with Crippen LogP contribution in [0.25, 0.3) is 0 Å². The van der Waals surface area contributed by atoms with E-state index in [-0.39, 0.29) is 5.91 Å². The average molecular weight is 342 g/mol. The molecule has 1 aromatic heterocycles. The van der Waals surface area contributed by atoms with Crippen LogP contribution in [0, 0.1) is 6.92 Å². The summed E-state index contributed by atoms with van der Waals surface area (Å²) in [7, 11) is 1.60. The Balaban J connectivity index is 1.43. The molecule has 1 aliphatic rings. The summed E-state index contributed by atoms with van der Waals surface area (Å²) >= 11 is 0. The maximum absolute atomic E-state index is 12.1. The van der Waals surface area contributed by atoms with Gasteiger partial charge >= 0.3 is 0 Å². The van der Waals surface area contributed by atoms with Crippen LogP contribution in [0.3, 0.4) is 0 Å².